The van der Waals surface area contributed by atoms with Gasteiger partial charge in [0.15, 0.2) is 0 Å². The minimum atomic E-state index is 0.577. The zero-order valence-corrected chi connectivity index (χ0v) is 11.5. The summed E-state index contributed by atoms with van der Waals surface area (Å²) >= 11 is 0. The highest BCUT2D eigenvalue weighted by Crippen LogP contribution is 2.07. The molecule has 0 aliphatic rings. The number of aromatic nitrogens is 1. The van der Waals surface area contributed by atoms with E-state index in [-0.39, 0.29) is 0 Å². The van der Waals surface area contributed by atoms with Gasteiger partial charge in [0.05, 0.1) is 0 Å². The SMILES string of the molecule is CC(C)NCCC(C)N(C)Cc1ccncc1. The number of pyridine rings is 1. The van der Waals surface area contributed by atoms with Gasteiger partial charge in [0, 0.05) is 31.0 Å². The second-order valence-corrected chi connectivity index (χ2v) is 5.02. The fourth-order valence-corrected chi connectivity index (χ4v) is 1.73. The molecule has 0 bridgehead atoms. The predicted octanol–water partition coefficient (Wildman–Crippen LogP) is 2.29. The van der Waals surface area contributed by atoms with Crippen molar-refractivity contribution in [3.63, 3.8) is 0 Å². The summed E-state index contributed by atoms with van der Waals surface area (Å²) < 4.78 is 0. The Bertz CT molecular complexity index is 298. The molecule has 0 radical (unpaired) electrons. The van der Waals surface area contributed by atoms with E-state index in [1.54, 1.807) is 0 Å². The Balaban J connectivity index is 2.29. The first-order valence-electron chi connectivity index (χ1n) is 6.42. The van der Waals surface area contributed by atoms with Gasteiger partial charge in [-0.2, -0.15) is 0 Å². The Morgan fingerprint density at radius 2 is 1.88 bits per heavy atom. The maximum Gasteiger partial charge on any atom is 0.0271 e. The first kappa shape index (κ1) is 14.1. The van der Waals surface area contributed by atoms with Gasteiger partial charge in [-0.3, -0.25) is 9.88 Å². The average Bonchev–Trinajstić information content (AvgIpc) is 2.29. The van der Waals surface area contributed by atoms with E-state index in [9.17, 15) is 0 Å². The predicted molar refractivity (Wildman–Crippen MR) is 72.9 cm³/mol. The Kier molecular flexibility index (Phi) is 6.16. The molecule has 1 aromatic heterocycles. The third-order valence-corrected chi connectivity index (χ3v) is 3.05. The topological polar surface area (TPSA) is 28.2 Å². The molecule has 0 aliphatic heterocycles. The summed E-state index contributed by atoms with van der Waals surface area (Å²) in [6.45, 7) is 8.73. The summed E-state index contributed by atoms with van der Waals surface area (Å²) in [4.78, 5) is 6.42. The minimum Gasteiger partial charge on any atom is -0.314 e. The van der Waals surface area contributed by atoms with Gasteiger partial charge in [0.25, 0.3) is 0 Å². The standard InChI is InChI=1S/C14H25N3/c1-12(2)16-10-5-13(3)17(4)11-14-6-8-15-9-7-14/h6-9,12-13,16H,5,10-11H2,1-4H3. The molecule has 0 saturated carbocycles. The molecule has 3 heteroatoms. The van der Waals surface area contributed by atoms with E-state index in [1.807, 2.05) is 12.4 Å². The van der Waals surface area contributed by atoms with Crippen molar-refractivity contribution in [1.82, 2.24) is 15.2 Å². The molecule has 3 nitrogen and oxygen atoms in total. The van der Waals surface area contributed by atoms with E-state index < -0.39 is 0 Å². The molecule has 0 saturated heterocycles. The van der Waals surface area contributed by atoms with Gasteiger partial charge in [-0.05, 0) is 44.6 Å². The van der Waals surface area contributed by atoms with Gasteiger partial charge in [-0.25, -0.2) is 0 Å². The number of hydrogen-bond acceptors (Lipinski definition) is 3. The van der Waals surface area contributed by atoms with Gasteiger partial charge in [0.1, 0.15) is 0 Å². The average molecular weight is 235 g/mol. The highest BCUT2D eigenvalue weighted by atomic mass is 15.1. The lowest BCUT2D eigenvalue weighted by Gasteiger charge is -2.25. The maximum absolute atomic E-state index is 4.04. The van der Waals surface area contributed by atoms with Crippen LogP contribution in [0.25, 0.3) is 0 Å². The number of rotatable bonds is 7. The van der Waals surface area contributed by atoms with Crippen molar-refractivity contribution in [3.8, 4) is 0 Å². The number of nitrogens with one attached hydrogen (secondary N) is 1. The van der Waals surface area contributed by atoms with Gasteiger partial charge in [0.2, 0.25) is 0 Å². The fraction of sp³-hybridized carbons (Fsp3) is 0.643. The van der Waals surface area contributed by atoms with E-state index in [2.05, 4.69) is 55.2 Å². The molecular weight excluding hydrogens is 210 g/mol. The molecule has 0 fully saturated rings. The normalized spacial score (nSPS) is 13.3. The Hall–Kier alpha value is -0.930. The van der Waals surface area contributed by atoms with Crippen molar-refractivity contribution in [3.05, 3.63) is 30.1 Å². The molecule has 1 atom stereocenters. The van der Waals surface area contributed by atoms with Crippen LogP contribution in [0.5, 0.6) is 0 Å². The second kappa shape index (κ2) is 7.41. The van der Waals surface area contributed by atoms with Gasteiger partial charge in [-0.1, -0.05) is 13.8 Å². The van der Waals surface area contributed by atoms with Crippen LogP contribution in [-0.2, 0) is 6.54 Å². The van der Waals surface area contributed by atoms with Crippen LogP contribution in [0.1, 0.15) is 32.8 Å². The van der Waals surface area contributed by atoms with Crippen LogP contribution in [0.4, 0.5) is 0 Å². The molecule has 0 amide bonds. The highest BCUT2D eigenvalue weighted by molar-refractivity contribution is 5.09. The van der Waals surface area contributed by atoms with Crippen LogP contribution >= 0.6 is 0 Å². The zero-order valence-electron chi connectivity index (χ0n) is 11.5. The van der Waals surface area contributed by atoms with Crippen LogP contribution in [0, 0.1) is 0 Å². The lowest BCUT2D eigenvalue weighted by Crippen LogP contribution is -2.33. The lowest BCUT2D eigenvalue weighted by molar-refractivity contribution is 0.235. The fourth-order valence-electron chi connectivity index (χ4n) is 1.73. The van der Waals surface area contributed by atoms with Crippen LogP contribution in [0.2, 0.25) is 0 Å². The van der Waals surface area contributed by atoms with Gasteiger partial charge >= 0.3 is 0 Å². The second-order valence-electron chi connectivity index (χ2n) is 5.02. The summed E-state index contributed by atoms with van der Waals surface area (Å²) in [6.07, 6.45) is 4.89. The van der Waals surface area contributed by atoms with E-state index in [4.69, 9.17) is 0 Å². The van der Waals surface area contributed by atoms with E-state index in [1.165, 1.54) is 12.0 Å². The molecule has 1 N–H and O–H groups in total. The molecule has 17 heavy (non-hydrogen) atoms. The molecule has 1 aromatic rings. The van der Waals surface area contributed by atoms with Gasteiger partial charge in [-0.15, -0.1) is 0 Å². The maximum atomic E-state index is 4.04. The zero-order chi connectivity index (χ0) is 12.7. The molecule has 1 rings (SSSR count). The van der Waals surface area contributed by atoms with Crippen LogP contribution in [-0.4, -0.2) is 35.6 Å². The summed E-state index contributed by atoms with van der Waals surface area (Å²) in [5.41, 5.74) is 1.33. The molecule has 1 heterocycles. The quantitative estimate of drug-likeness (QED) is 0.786. The van der Waals surface area contributed by atoms with Crippen molar-refractivity contribution < 1.29 is 0 Å². The minimum absolute atomic E-state index is 0.577. The summed E-state index contributed by atoms with van der Waals surface area (Å²) in [6, 6.07) is 5.33. The van der Waals surface area contributed by atoms with Crippen molar-refractivity contribution in [2.24, 2.45) is 0 Å². The lowest BCUT2D eigenvalue weighted by atomic mass is 10.1. The molecule has 0 spiro atoms. The third-order valence-electron chi connectivity index (χ3n) is 3.05. The van der Waals surface area contributed by atoms with E-state index in [0.717, 1.165) is 13.1 Å². The van der Waals surface area contributed by atoms with E-state index in [0.29, 0.717) is 12.1 Å². The Morgan fingerprint density at radius 1 is 1.24 bits per heavy atom. The first-order valence-corrected chi connectivity index (χ1v) is 6.42. The van der Waals surface area contributed by atoms with Crippen molar-refractivity contribution in [1.29, 1.82) is 0 Å². The highest BCUT2D eigenvalue weighted by Gasteiger charge is 2.09. The van der Waals surface area contributed by atoms with E-state index >= 15 is 0 Å². The van der Waals surface area contributed by atoms with Crippen molar-refractivity contribution >= 4 is 0 Å². The molecule has 0 aromatic carbocycles. The number of hydrogen-bond donors (Lipinski definition) is 1. The summed E-state index contributed by atoms with van der Waals surface area (Å²) in [5, 5.41) is 3.46. The summed E-state index contributed by atoms with van der Waals surface area (Å²) in [5.74, 6) is 0. The largest absolute Gasteiger partial charge is 0.314 e. The molecular formula is C14H25N3. The number of nitrogens with zero attached hydrogens (tertiary/aromatic N) is 2. The first-order chi connectivity index (χ1) is 8.09. The van der Waals surface area contributed by atoms with Crippen LogP contribution in [0.15, 0.2) is 24.5 Å². The van der Waals surface area contributed by atoms with Crippen molar-refractivity contribution in [2.75, 3.05) is 13.6 Å². The van der Waals surface area contributed by atoms with Crippen LogP contribution in [0.3, 0.4) is 0 Å². The van der Waals surface area contributed by atoms with Crippen LogP contribution < -0.4 is 5.32 Å². The monoisotopic (exact) mass is 235 g/mol. The Labute approximate surface area is 105 Å². The molecule has 0 aliphatic carbocycles. The van der Waals surface area contributed by atoms with Gasteiger partial charge < -0.3 is 5.32 Å². The third kappa shape index (κ3) is 5.80. The summed E-state index contributed by atoms with van der Waals surface area (Å²) in [7, 11) is 2.18. The molecule has 1 unspecified atom stereocenters. The van der Waals surface area contributed by atoms with Crippen molar-refractivity contribution in [2.45, 2.75) is 45.8 Å². The Morgan fingerprint density at radius 3 is 2.47 bits per heavy atom. The smallest absolute Gasteiger partial charge is 0.0271 e. The molecule has 96 valence electrons.